The van der Waals surface area contributed by atoms with Gasteiger partial charge in [0.15, 0.2) is 0 Å². The average molecular weight is 276 g/mol. The molecule has 3 aromatic rings. The molecule has 0 aliphatic rings. The molecule has 0 saturated heterocycles. The first-order valence-electron chi connectivity index (χ1n) is 7.46. The van der Waals surface area contributed by atoms with Gasteiger partial charge in [0.25, 0.3) is 0 Å². The van der Waals surface area contributed by atoms with Crippen LogP contribution in [0, 0.1) is 6.92 Å². The van der Waals surface area contributed by atoms with Crippen LogP contribution >= 0.6 is 0 Å². The van der Waals surface area contributed by atoms with Gasteiger partial charge in [-0.1, -0.05) is 60.2 Å². The monoisotopic (exact) mass is 276 g/mol. The SMILES string of the molecule is Cc1ccc(-c2cnc(CCCc3ccccc3)[nH]2)cc1. The van der Waals surface area contributed by atoms with Gasteiger partial charge in [0.2, 0.25) is 0 Å². The van der Waals surface area contributed by atoms with E-state index in [1.165, 1.54) is 16.7 Å². The van der Waals surface area contributed by atoms with Crippen molar-refractivity contribution < 1.29 is 0 Å². The molecule has 2 aromatic carbocycles. The molecule has 1 N–H and O–H groups in total. The Kier molecular flexibility index (Phi) is 4.15. The first-order valence-corrected chi connectivity index (χ1v) is 7.46. The molecule has 2 nitrogen and oxygen atoms in total. The molecular formula is C19H20N2. The molecule has 0 amide bonds. The molecule has 21 heavy (non-hydrogen) atoms. The lowest BCUT2D eigenvalue weighted by Gasteiger charge is -2.00. The van der Waals surface area contributed by atoms with E-state index in [-0.39, 0.29) is 0 Å². The minimum absolute atomic E-state index is 0.987. The highest BCUT2D eigenvalue weighted by Crippen LogP contribution is 2.18. The molecule has 0 unspecified atom stereocenters. The summed E-state index contributed by atoms with van der Waals surface area (Å²) < 4.78 is 0. The zero-order valence-electron chi connectivity index (χ0n) is 12.3. The van der Waals surface area contributed by atoms with Crippen LogP contribution in [0.15, 0.2) is 60.8 Å². The quantitative estimate of drug-likeness (QED) is 0.727. The number of nitrogens with zero attached hydrogens (tertiary/aromatic N) is 1. The number of nitrogens with one attached hydrogen (secondary N) is 1. The largest absolute Gasteiger partial charge is 0.342 e. The fourth-order valence-electron chi connectivity index (χ4n) is 2.47. The summed E-state index contributed by atoms with van der Waals surface area (Å²) in [6, 6.07) is 19.1. The molecule has 1 aromatic heterocycles. The molecule has 0 bridgehead atoms. The van der Waals surface area contributed by atoms with Crippen molar-refractivity contribution in [2.24, 2.45) is 0 Å². The predicted molar refractivity (Wildman–Crippen MR) is 87.2 cm³/mol. The van der Waals surface area contributed by atoms with Crippen LogP contribution in [0.25, 0.3) is 11.3 Å². The van der Waals surface area contributed by atoms with Gasteiger partial charge in [-0.2, -0.15) is 0 Å². The molecule has 0 fully saturated rings. The third kappa shape index (κ3) is 3.60. The van der Waals surface area contributed by atoms with Gasteiger partial charge in [-0.25, -0.2) is 4.98 Å². The van der Waals surface area contributed by atoms with Crippen LogP contribution < -0.4 is 0 Å². The molecule has 0 aliphatic carbocycles. The Morgan fingerprint density at radius 3 is 2.43 bits per heavy atom. The van der Waals surface area contributed by atoms with Gasteiger partial charge in [-0.05, 0) is 30.9 Å². The Morgan fingerprint density at radius 2 is 1.67 bits per heavy atom. The summed E-state index contributed by atoms with van der Waals surface area (Å²) in [7, 11) is 0. The minimum Gasteiger partial charge on any atom is -0.342 e. The van der Waals surface area contributed by atoms with E-state index in [1.807, 2.05) is 6.20 Å². The summed E-state index contributed by atoms with van der Waals surface area (Å²) in [4.78, 5) is 7.91. The molecule has 1 heterocycles. The summed E-state index contributed by atoms with van der Waals surface area (Å²) in [5, 5.41) is 0. The number of hydrogen-bond acceptors (Lipinski definition) is 1. The first kappa shape index (κ1) is 13.6. The standard InChI is InChI=1S/C19H20N2/c1-15-10-12-17(13-11-15)18-14-20-19(21-18)9-5-8-16-6-3-2-4-7-16/h2-4,6-7,10-14H,5,8-9H2,1H3,(H,20,21). The van der Waals surface area contributed by atoms with Crippen molar-refractivity contribution in [2.45, 2.75) is 26.2 Å². The van der Waals surface area contributed by atoms with E-state index in [2.05, 4.69) is 71.5 Å². The highest BCUT2D eigenvalue weighted by atomic mass is 14.9. The fraction of sp³-hybridized carbons (Fsp3) is 0.211. The van der Waals surface area contributed by atoms with Crippen molar-refractivity contribution in [1.82, 2.24) is 9.97 Å². The van der Waals surface area contributed by atoms with E-state index in [1.54, 1.807) is 0 Å². The number of rotatable bonds is 5. The first-order chi connectivity index (χ1) is 10.3. The zero-order valence-corrected chi connectivity index (χ0v) is 12.3. The van der Waals surface area contributed by atoms with Crippen LogP contribution in [-0.2, 0) is 12.8 Å². The molecule has 106 valence electrons. The lowest BCUT2D eigenvalue weighted by atomic mass is 10.1. The Labute approximate surface area is 125 Å². The summed E-state index contributed by atoms with van der Waals surface area (Å²) >= 11 is 0. The second kappa shape index (κ2) is 6.40. The summed E-state index contributed by atoms with van der Waals surface area (Å²) in [5.74, 6) is 1.07. The van der Waals surface area contributed by atoms with Crippen LogP contribution in [0.3, 0.4) is 0 Å². The van der Waals surface area contributed by atoms with Gasteiger partial charge >= 0.3 is 0 Å². The average Bonchev–Trinajstić information content (AvgIpc) is 2.98. The molecular weight excluding hydrogens is 256 g/mol. The van der Waals surface area contributed by atoms with Gasteiger partial charge in [0.1, 0.15) is 5.82 Å². The van der Waals surface area contributed by atoms with Gasteiger partial charge in [-0.15, -0.1) is 0 Å². The third-order valence-electron chi connectivity index (χ3n) is 3.71. The van der Waals surface area contributed by atoms with Crippen LogP contribution in [-0.4, -0.2) is 9.97 Å². The lowest BCUT2D eigenvalue weighted by Crippen LogP contribution is -1.92. The van der Waals surface area contributed by atoms with Gasteiger partial charge < -0.3 is 4.98 Å². The molecule has 0 spiro atoms. The molecule has 2 heteroatoms. The van der Waals surface area contributed by atoms with Crippen molar-refractivity contribution in [1.29, 1.82) is 0 Å². The smallest absolute Gasteiger partial charge is 0.106 e. The number of aromatic nitrogens is 2. The van der Waals surface area contributed by atoms with E-state index < -0.39 is 0 Å². The summed E-state index contributed by atoms with van der Waals surface area (Å²) in [6.07, 6.45) is 5.13. The maximum Gasteiger partial charge on any atom is 0.106 e. The molecule has 0 atom stereocenters. The van der Waals surface area contributed by atoms with Gasteiger partial charge in [-0.3, -0.25) is 0 Å². The highest BCUT2D eigenvalue weighted by Gasteiger charge is 2.03. The van der Waals surface area contributed by atoms with Crippen molar-refractivity contribution in [3.05, 3.63) is 77.7 Å². The van der Waals surface area contributed by atoms with Crippen LogP contribution in [0.5, 0.6) is 0 Å². The van der Waals surface area contributed by atoms with E-state index in [0.29, 0.717) is 0 Å². The molecule has 0 radical (unpaired) electrons. The number of hydrogen-bond donors (Lipinski definition) is 1. The van der Waals surface area contributed by atoms with Crippen LogP contribution in [0.2, 0.25) is 0 Å². The number of imidazole rings is 1. The van der Waals surface area contributed by atoms with Crippen molar-refractivity contribution in [2.75, 3.05) is 0 Å². The number of aryl methyl sites for hydroxylation is 3. The maximum absolute atomic E-state index is 4.49. The number of aromatic amines is 1. The fourth-order valence-corrected chi connectivity index (χ4v) is 2.47. The summed E-state index contributed by atoms with van der Waals surface area (Å²) in [5.41, 5.74) is 4.97. The topological polar surface area (TPSA) is 28.7 Å². The van der Waals surface area contributed by atoms with Crippen molar-refractivity contribution in [3.63, 3.8) is 0 Å². The van der Waals surface area contributed by atoms with E-state index in [9.17, 15) is 0 Å². The van der Waals surface area contributed by atoms with E-state index in [0.717, 1.165) is 30.8 Å². The lowest BCUT2D eigenvalue weighted by molar-refractivity contribution is 0.783. The van der Waals surface area contributed by atoms with Crippen LogP contribution in [0.4, 0.5) is 0 Å². The minimum atomic E-state index is 0.987. The highest BCUT2D eigenvalue weighted by molar-refractivity contribution is 5.58. The van der Waals surface area contributed by atoms with Gasteiger partial charge in [0, 0.05) is 6.42 Å². The number of benzene rings is 2. The maximum atomic E-state index is 4.49. The van der Waals surface area contributed by atoms with E-state index >= 15 is 0 Å². The molecule has 0 saturated carbocycles. The van der Waals surface area contributed by atoms with Crippen molar-refractivity contribution >= 4 is 0 Å². The third-order valence-corrected chi connectivity index (χ3v) is 3.71. The normalized spacial score (nSPS) is 10.7. The number of H-pyrrole nitrogens is 1. The Balaban J connectivity index is 1.59. The molecule has 3 rings (SSSR count). The molecule has 0 aliphatic heterocycles. The van der Waals surface area contributed by atoms with Crippen molar-refractivity contribution in [3.8, 4) is 11.3 Å². The Bertz CT molecular complexity index is 681. The Hall–Kier alpha value is -2.35. The van der Waals surface area contributed by atoms with E-state index in [4.69, 9.17) is 0 Å². The Morgan fingerprint density at radius 1 is 0.905 bits per heavy atom. The second-order valence-corrected chi connectivity index (χ2v) is 5.45. The summed E-state index contributed by atoms with van der Waals surface area (Å²) in [6.45, 7) is 2.10. The zero-order chi connectivity index (χ0) is 14.5. The predicted octanol–water partition coefficient (Wildman–Crippen LogP) is 4.56. The second-order valence-electron chi connectivity index (χ2n) is 5.45. The van der Waals surface area contributed by atoms with Crippen LogP contribution in [0.1, 0.15) is 23.4 Å². The van der Waals surface area contributed by atoms with Gasteiger partial charge in [0.05, 0.1) is 11.9 Å².